The van der Waals surface area contributed by atoms with Gasteiger partial charge in [0.25, 0.3) is 0 Å². The van der Waals surface area contributed by atoms with E-state index in [1.165, 1.54) is 23.1 Å². The molecule has 2 aromatic rings. The van der Waals surface area contributed by atoms with Crippen molar-refractivity contribution >= 4 is 51.6 Å². The van der Waals surface area contributed by atoms with Gasteiger partial charge in [-0.15, -0.1) is 11.3 Å². The number of hydrogen-bond donors (Lipinski definition) is 1. The van der Waals surface area contributed by atoms with Gasteiger partial charge in [0.15, 0.2) is 11.0 Å². The maximum Gasteiger partial charge on any atom is 0.325 e. The lowest BCUT2D eigenvalue weighted by atomic mass is 10.1. The number of hydrogen-bond acceptors (Lipinski definition) is 5. The van der Waals surface area contributed by atoms with Gasteiger partial charge in [0.1, 0.15) is 6.54 Å². The number of carbonyl (C=O) groups is 2. The highest BCUT2D eigenvalue weighted by molar-refractivity contribution is 8.14. The second-order valence-electron chi connectivity index (χ2n) is 6.84. The molecule has 5 nitrogen and oxygen atoms in total. The molecule has 0 spiro atoms. The zero-order valence-electron chi connectivity index (χ0n) is 15.9. The van der Waals surface area contributed by atoms with Crippen LogP contribution in [0.2, 0.25) is 5.02 Å². The maximum atomic E-state index is 12.5. The number of aliphatic imine (C=N–C) groups is 1. The number of benzene rings is 1. The van der Waals surface area contributed by atoms with Crippen LogP contribution in [-0.4, -0.2) is 45.3 Å². The first kappa shape index (κ1) is 21.9. The standard InChI is InChI=1S/C21H23ClN2O3S2/c22-17-9-4-1-6-15(17)13-24(16-7-2-3-8-16)21(23-12-20(26)27)29-14-18(25)19-10-5-11-28-19/h1,4-6,9-11,16H,2-3,7-8,12-14H2,(H,26,27)/b23-21-. The number of thioether (sulfide) groups is 1. The molecule has 1 saturated carbocycles. The molecule has 1 N–H and O–H groups in total. The van der Waals surface area contributed by atoms with Crippen molar-refractivity contribution in [1.82, 2.24) is 4.90 Å². The predicted molar refractivity (Wildman–Crippen MR) is 120 cm³/mol. The molecule has 0 aliphatic heterocycles. The van der Waals surface area contributed by atoms with Gasteiger partial charge < -0.3 is 10.0 Å². The number of thiophene rings is 1. The number of amidine groups is 1. The summed E-state index contributed by atoms with van der Waals surface area (Å²) in [5.41, 5.74) is 0.967. The van der Waals surface area contributed by atoms with Gasteiger partial charge in [-0.05, 0) is 35.9 Å². The second kappa shape index (κ2) is 10.8. The van der Waals surface area contributed by atoms with Crippen molar-refractivity contribution in [1.29, 1.82) is 0 Å². The van der Waals surface area contributed by atoms with Crippen LogP contribution < -0.4 is 0 Å². The second-order valence-corrected chi connectivity index (χ2v) is 9.14. The van der Waals surface area contributed by atoms with Crippen LogP contribution in [0.1, 0.15) is 40.9 Å². The zero-order chi connectivity index (χ0) is 20.6. The van der Waals surface area contributed by atoms with Gasteiger partial charge in [-0.25, -0.2) is 0 Å². The molecule has 1 fully saturated rings. The number of halogens is 1. The third kappa shape index (κ3) is 6.32. The number of carboxylic acids is 1. The van der Waals surface area contributed by atoms with Crippen LogP contribution >= 0.6 is 34.7 Å². The van der Waals surface area contributed by atoms with Gasteiger partial charge >= 0.3 is 5.97 Å². The molecule has 0 radical (unpaired) electrons. The average Bonchev–Trinajstić information content (AvgIpc) is 3.42. The molecule has 154 valence electrons. The number of nitrogens with zero attached hydrogens (tertiary/aromatic N) is 2. The fraction of sp³-hybridized carbons (Fsp3) is 0.381. The van der Waals surface area contributed by atoms with E-state index < -0.39 is 5.97 Å². The fourth-order valence-corrected chi connectivity index (χ4v) is 5.27. The molecular formula is C21H23ClN2O3S2. The van der Waals surface area contributed by atoms with Gasteiger partial charge in [0, 0.05) is 17.6 Å². The van der Waals surface area contributed by atoms with Crippen molar-refractivity contribution in [2.75, 3.05) is 12.3 Å². The summed E-state index contributed by atoms with van der Waals surface area (Å²) in [7, 11) is 0. The Morgan fingerprint density at radius 3 is 2.62 bits per heavy atom. The van der Waals surface area contributed by atoms with Crippen molar-refractivity contribution in [2.24, 2.45) is 4.99 Å². The Kier molecular flexibility index (Phi) is 8.15. The topological polar surface area (TPSA) is 70.0 Å². The van der Waals surface area contributed by atoms with Crippen molar-refractivity contribution in [3.8, 4) is 0 Å². The minimum absolute atomic E-state index is 0.0251. The molecule has 1 aromatic carbocycles. The lowest BCUT2D eigenvalue weighted by molar-refractivity contribution is -0.135. The van der Waals surface area contributed by atoms with Crippen LogP contribution in [0.25, 0.3) is 0 Å². The van der Waals surface area contributed by atoms with Crippen molar-refractivity contribution in [3.63, 3.8) is 0 Å². The molecule has 29 heavy (non-hydrogen) atoms. The lowest BCUT2D eigenvalue weighted by Gasteiger charge is -2.32. The number of carbonyl (C=O) groups excluding carboxylic acids is 1. The predicted octanol–water partition coefficient (Wildman–Crippen LogP) is 5.20. The molecule has 1 aliphatic rings. The zero-order valence-corrected chi connectivity index (χ0v) is 18.3. The minimum atomic E-state index is -0.989. The van der Waals surface area contributed by atoms with Crippen LogP contribution in [0.15, 0.2) is 46.8 Å². The van der Waals surface area contributed by atoms with Crippen molar-refractivity contribution in [3.05, 3.63) is 57.2 Å². The van der Waals surface area contributed by atoms with E-state index in [2.05, 4.69) is 9.89 Å². The number of Topliss-reactive ketones (excluding diaryl/α,β-unsaturated/α-hetero) is 1. The Bertz CT molecular complexity index is 865. The highest BCUT2D eigenvalue weighted by Gasteiger charge is 2.27. The summed E-state index contributed by atoms with van der Waals surface area (Å²) in [6.07, 6.45) is 4.31. The Balaban J connectivity index is 1.83. The highest BCUT2D eigenvalue weighted by atomic mass is 35.5. The molecule has 0 bridgehead atoms. The summed E-state index contributed by atoms with van der Waals surface area (Å²) in [6.45, 7) is 0.226. The van der Waals surface area contributed by atoms with Crippen LogP contribution in [0.4, 0.5) is 0 Å². The first-order valence-corrected chi connectivity index (χ1v) is 11.7. The summed E-state index contributed by atoms with van der Waals surface area (Å²) in [6, 6.07) is 11.6. The van der Waals surface area contributed by atoms with Gasteiger partial charge in [-0.1, -0.05) is 60.5 Å². The smallest absolute Gasteiger partial charge is 0.325 e. The Morgan fingerprint density at radius 1 is 1.21 bits per heavy atom. The Labute approximate surface area is 183 Å². The summed E-state index contributed by atoms with van der Waals surface area (Å²) in [4.78, 5) is 30.9. The van der Waals surface area contributed by atoms with E-state index in [1.807, 2.05) is 35.7 Å². The van der Waals surface area contributed by atoms with E-state index in [1.54, 1.807) is 6.07 Å². The van der Waals surface area contributed by atoms with Gasteiger partial charge in [-0.2, -0.15) is 0 Å². The first-order chi connectivity index (χ1) is 14.0. The molecule has 1 aromatic heterocycles. The third-order valence-corrected chi connectivity index (χ3v) is 7.10. The van der Waals surface area contributed by atoms with Gasteiger partial charge in [0.05, 0.1) is 10.6 Å². The maximum absolute atomic E-state index is 12.5. The molecule has 1 aliphatic carbocycles. The summed E-state index contributed by atoms with van der Waals surface area (Å²) >= 11 is 9.11. The molecular weight excluding hydrogens is 428 g/mol. The fourth-order valence-electron chi connectivity index (χ4n) is 3.37. The van der Waals surface area contributed by atoms with Crippen LogP contribution in [0, 0.1) is 0 Å². The first-order valence-electron chi connectivity index (χ1n) is 9.50. The van der Waals surface area contributed by atoms with E-state index in [-0.39, 0.29) is 24.1 Å². The van der Waals surface area contributed by atoms with E-state index in [0.717, 1.165) is 31.2 Å². The van der Waals surface area contributed by atoms with Crippen LogP contribution in [0.5, 0.6) is 0 Å². The molecule has 0 atom stereocenters. The number of ketones is 1. The van der Waals surface area contributed by atoms with Crippen LogP contribution in [-0.2, 0) is 11.3 Å². The summed E-state index contributed by atoms with van der Waals surface area (Å²) in [5, 5.41) is 12.3. The molecule has 1 heterocycles. The molecule has 0 amide bonds. The van der Waals surface area contributed by atoms with E-state index in [9.17, 15) is 9.59 Å². The number of carboxylic acid groups (broad SMARTS) is 1. The highest BCUT2D eigenvalue weighted by Crippen LogP contribution is 2.30. The van der Waals surface area contributed by atoms with Crippen molar-refractivity contribution in [2.45, 2.75) is 38.3 Å². The van der Waals surface area contributed by atoms with Crippen molar-refractivity contribution < 1.29 is 14.7 Å². The minimum Gasteiger partial charge on any atom is -0.480 e. The monoisotopic (exact) mass is 450 g/mol. The molecule has 0 saturated heterocycles. The summed E-state index contributed by atoms with van der Waals surface area (Å²) < 4.78 is 0. The normalized spacial score (nSPS) is 14.9. The van der Waals surface area contributed by atoms with Gasteiger partial charge in [-0.3, -0.25) is 14.6 Å². The van der Waals surface area contributed by atoms with E-state index >= 15 is 0 Å². The van der Waals surface area contributed by atoms with Crippen LogP contribution in [0.3, 0.4) is 0 Å². The lowest BCUT2D eigenvalue weighted by Crippen LogP contribution is -2.37. The average molecular weight is 451 g/mol. The third-order valence-electron chi connectivity index (χ3n) is 4.79. The quantitative estimate of drug-likeness (QED) is 0.340. The number of rotatable bonds is 8. The summed E-state index contributed by atoms with van der Waals surface area (Å²) in [5.74, 6) is -0.737. The van der Waals surface area contributed by atoms with E-state index in [4.69, 9.17) is 16.7 Å². The molecule has 0 unspecified atom stereocenters. The Morgan fingerprint density at radius 2 is 1.97 bits per heavy atom. The molecule has 3 rings (SSSR count). The van der Waals surface area contributed by atoms with E-state index in [0.29, 0.717) is 21.6 Å². The SMILES string of the molecule is O=C(O)C/N=C(\SCC(=O)c1cccs1)N(Cc1ccccc1Cl)C1CCCC1. The molecule has 8 heteroatoms. The number of aliphatic carboxylic acids is 1. The largest absolute Gasteiger partial charge is 0.480 e. The van der Waals surface area contributed by atoms with Gasteiger partial charge in [0.2, 0.25) is 0 Å². The Hall–Kier alpha value is -1.83.